The van der Waals surface area contributed by atoms with Gasteiger partial charge in [-0.05, 0) is 0 Å². The maximum absolute atomic E-state index is 10.4. The minimum Gasteiger partial charge on any atom is -0.369 e. The quantitative estimate of drug-likeness (QED) is 0.634. The van der Waals surface area contributed by atoms with Crippen LogP contribution < -0.4 is 11.1 Å². The normalized spacial score (nSPS) is 9.33. The highest BCUT2D eigenvalue weighted by Gasteiger charge is 2.03. The predicted octanol–water partition coefficient (Wildman–Crippen LogP) is -0.261. The lowest BCUT2D eigenvalue weighted by molar-refractivity contribution is -0.117. The summed E-state index contributed by atoms with van der Waals surface area (Å²) in [6.07, 6.45) is 0.643. The molecule has 0 fully saturated rings. The van der Waals surface area contributed by atoms with Crippen molar-refractivity contribution in [3.05, 3.63) is 11.1 Å². The van der Waals surface area contributed by atoms with E-state index in [4.69, 9.17) is 5.73 Å². The van der Waals surface area contributed by atoms with Gasteiger partial charge in [0.05, 0.1) is 12.1 Å². The minimum absolute atomic E-state index is 0.108. The molecule has 0 spiro atoms. The summed E-state index contributed by atoms with van der Waals surface area (Å²) < 4.78 is 0. The maximum atomic E-state index is 10.4. The Bertz CT molecular complexity index is 297. The number of aromatic nitrogens is 1. The second-order valence-electron chi connectivity index (χ2n) is 2.05. The minimum atomic E-state index is -0.432. The average molecular weight is 185 g/mol. The highest BCUT2D eigenvalue weighted by Crippen LogP contribution is 2.14. The average Bonchev–Trinajstić information content (AvgIpc) is 2.36. The van der Waals surface area contributed by atoms with E-state index in [9.17, 15) is 9.59 Å². The van der Waals surface area contributed by atoms with Gasteiger partial charge in [-0.25, -0.2) is 4.98 Å². The number of rotatable bonds is 4. The van der Waals surface area contributed by atoms with Crippen molar-refractivity contribution in [2.45, 2.75) is 6.42 Å². The molecule has 1 rings (SSSR count). The van der Waals surface area contributed by atoms with E-state index in [1.807, 2.05) is 0 Å². The third-order valence-corrected chi connectivity index (χ3v) is 1.91. The smallest absolute Gasteiger partial charge is 0.223 e. The highest BCUT2D eigenvalue weighted by molar-refractivity contribution is 7.13. The zero-order valence-corrected chi connectivity index (χ0v) is 6.93. The van der Waals surface area contributed by atoms with E-state index >= 15 is 0 Å². The Kier molecular flexibility index (Phi) is 2.76. The van der Waals surface area contributed by atoms with Gasteiger partial charge in [-0.2, -0.15) is 0 Å². The van der Waals surface area contributed by atoms with Gasteiger partial charge < -0.3 is 11.1 Å². The Morgan fingerprint density at radius 1 is 1.83 bits per heavy atom. The first-order chi connectivity index (χ1) is 5.72. The number of carbonyl (C=O) groups is 2. The molecule has 0 aromatic carbocycles. The van der Waals surface area contributed by atoms with Crippen molar-refractivity contribution in [3.8, 4) is 0 Å². The first-order valence-corrected chi connectivity index (χ1v) is 4.03. The zero-order chi connectivity index (χ0) is 8.97. The van der Waals surface area contributed by atoms with Gasteiger partial charge >= 0.3 is 0 Å². The standard InChI is InChI=1S/C6H7N3O2S/c7-5(11)1-4-2-12-6(9-4)8-3-10/h2-3H,1H2,(H2,7,11)(H,8,9,10). The van der Waals surface area contributed by atoms with Gasteiger partial charge in [0.2, 0.25) is 12.3 Å². The molecule has 3 N–H and O–H groups in total. The number of amides is 2. The van der Waals surface area contributed by atoms with Crippen molar-refractivity contribution in [3.63, 3.8) is 0 Å². The molecule has 1 aromatic heterocycles. The lowest BCUT2D eigenvalue weighted by Gasteiger charge is -1.88. The molecule has 0 unspecified atom stereocenters. The van der Waals surface area contributed by atoms with Crippen LogP contribution in [0.3, 0.4) is 0 Å². The molecule has 0 radical (unpaired) electrons. The van der Waals surface area contributed by atoms with E-state index in [-0.39, 0.29) is 6.42 Å². The van der Waals surface area contributed by atoms with Crippen LogP contribution in [0.5, 0.6) is 0 Å². The van der Waals surface area contributed by atoms with Crippen LogP contribution in [0.1, 0.15) is 5.69 Å². The number of nitrogens with zero attached hydrogens (tertiary/aromatic N) is 1. The van der Waals surface area contributed by atoms with Crippen LogP contribution in [0.4, 0.5) is 5.13 Å². The van der Waals surface area contributed by atoms with Crippen LogP contribution in [0.2, 0.25) is 0 Å². The van der Waals surface area contributed by atoms with Gasteiger partial charge in [0.1, 0.15) is 0 Å². The van der Waals surface area contributed by atoms with E-state index in [0.29, 0.717) is 17.2 Å². The Hall–Kier alpha value is -1.43. The summed E-state index contributed by atoms with van der Waals surface area (Å²) >= 11 is 1.25. The molecule has 2 amide bonds. The van der Waals surface area contributed by atoms with Crippen molar-refractivity contribution in [1.82, 2.24) is 4.98 Å². The summed E-state index contributed by atoms with van der Waals surface area (Å²) in [6, 6.07) is 0. The highest BCUT2D eigenvalue weighted by atomic mass is 32.1. The molecule has 64 valence electrons. The SMILES string of the molecule is NC(=O)Cc1csc(NC=O)n1. The topological polar surface area (TPSA) is 85.1 Å². The van der Waals surface area contributed by atoms with Crippen molar-refractivity contribution in [1.29, 1.82) is 0 Å². The molecule has 0 saturated heterocycles. The van der Waals surface area contributed by atoms with E-state index in [0.717, 1.165) is 0 Å². The summed E-state index contributed by atoms with van der Waals surface area (Å²) in [5.74, 6) is -0.432. The van der Waals surface area contributed by atoms with E-state index in [2.05, 4.69) is 10.3 Å². The van der Waals surface area contributed by atoms with Crippen molar-refractivity contribution < 1.29 is 9.59 Å². The lowest BCUT2D eigenvalue weighted by Crippen LogP contribution is -2.13. The number of thiazole rings is 1. The fraction of sp³-hybridized carbons (Fsp3) is 0.167. The first kappa shape index (κ1) is 8.66. The number of hydrogen-bond donors (Lipinski definition) is 2. The molecular weight excluding hydrogens is 178 g/mol. The fourth-order valence-electron chi connectivity index (χ4n) is 0.683. The third-order valence-electron chi connectivity index (χ3n) is 1.09. The second-order valence-corrected chi connectivity index (χ2v) is 2.91. The molecule has 0 aliphatic rings. The number of anilines is 1. The van der Waals surface area contributed by atoms with Crippen LogP contribution in [-0.2, 0) is 16.0 Å². The van der Waals surface area contributed by atoms with Crippen LogP contribution in [0.25, 0.3) is 0 Å². The Balaban J connectivity index is 2.63. The zero-order valence-electron chi connectivity index (χ0n) is 6.11. The number of carbonyl (C=O) groups excluding carboxylic acids is 2. The number of primary amides is 1. The summed E-state index contributed by atoms with van der Waals surface area (Å²) in [6.45, 7) is 0. The second kappa shape index (κ2) is 3.82. The first-order valence-electron chi connectivity index (χ1n) is 3.15. The van der Waals surface area contributed by atoms with Crippen LogP contribution in [0, 0.1) is 0 Å². The molecule has 0 atom stereocenters. The molecule has 0 bridgehead atoms. The number of nitrogens with one attached hydrogen (secondary N) is 1. The van der Waals surface area contributed by atoms with Gasteiger partial charge in [-0.3, -0.25) is 9.59 Å². The van der Waals surface area contributed by atoms with Crippen molar-refractivity contribution in [2.75, 3.05) is 5.32 Å². The molecule has 12 heavy (non-hydrogen) atoms. The van der Waals surface area contributed by atoms with Crippen LogP contribution >= 0.6 is 11.3 Å². The third kappa shape index (κ3) is 2.31. The molecular formula is C6H7N3O2S. The van der Waals surface area contributed by atoms with Crippen molar-refractivity contribution >= 4 is 28.8 Å². The van der Waals surface area contributed by atoms with Gasteiger partial charge in [-0.1, -0.05) is 0 Å². The van der Waals surface area contributed by atoms with Gasteiger partial charge in [0, 0.05) is 5.38 Å². The van der Waals surface area contributed by atoms with Crippen molar-refractivity contribution in [2.24, 2.45) is 5.73 Å². The summed E-state index contributed by atoms with van der Waals surface area (Å²) in [7, 11) is 0. The maximum Gasteiger partial charge on any atom is 0.223 e. The van der Waals surface area contributed by atoms with E-state index in [1.54, 1.807) is 5.38 Å². The molecule has 1 aromatic rings. The number of hydrogen-bond acceptors (Lipinski definition) is 4. The van der Waals surface area contributed by atoms with Crippen LogP contribution in [0.15, 0.2) is 5.38 Å². The Labute approximate surface area is 72.6 Å². The van der Waals surface area contributed by atoms with Crippen LogP contribution in [-0.4, -0.2) is 17.3 Å². The molecule has 0 aliphatic carbocycles. The molecule has 1 heterocycles. The number of nitrogens with two attached hydrogens (primary N) is 1. The largest absolute Gasteiger partial charge is 0.369 e. The summed E-state index contributed by atoms with van der Waals surface area (Å²) in [4.78, 5) is 24.3. The fourth-order valence-corrected chi connectivity index (χ4v) is 1.35. The molecule has 5 nitrogen and oxygen atoms in total. The van der Waals surface area contributed by atoms with E-state index < -0.39 is 5.91 Å². The molecule has 0 saturated carbocycles. The Morgan fingerprint density at radius 3 is 3.17 bits per heavy atom. The molecule has 6 heteroatoms. The molecule has 0 aliphatic heterocycles. The monoisotopic (exact) mass is 185 g/mol. The predicted molar refractivity (Wildman–Crippen MR) is 44.7 cm³/mol. The van der Waals surface area contributed by atoms with Gasteiger partial charge in [0.25, 0.3) is 0 Å². The van der Waals surface area contributed by atoms with Gasteiger partial charge in [-0.15, -0.1) is 11.3 Å². The van der Waals surface area contributed by atoms with Gasteiger partial charge in [0.15, 0.2) is 5.13 Å². The summed E-state index contributed by atoms with van der Waals surface area (Å²) in [5, 5.41) is 4.53. The summed E-state index contributed by atoms with van der Waals surface area (Å²) in [5.41, 5.74) is 5.52. The van der Waals surface area contributed by atoms with E-state index in [1.165, 1.54) is 11.3 Å². The Morgan fingerprint density at radius 2 is 2.58 bits per heavy atom. The lowest BCUT2D eigenvalue weighted by atomic mass is 10.3.